The number of hydrogen-bond acceptors (Lipinski definition) is 3. The van der Waals surface area contributed by atoms with Gasteiger partial charge in [0.1, 0.15) is 0 Å². The zero-order chi connectivity index (χ0) is 13.9. The van der Waals surface area contributed by atoms with Crippen LogP contribution in [0, 0.1) is 5.41 Å². The second-order valence-electron chi connectivity index (χ2n) is 4.95. The van der Waals surface area contributed by atoms with E-state index in [4.69, 9.17) is 4.74 Å². The van der Waals surface area contributed by atoms with E-state index in [-0.39, 0.29) is 12.0 Å². The Hall–Kier alpha value is -1.11. The Morgan fingerprint density at radius 1 is 1.21 bits per heavy atom. The van der Waals surface area contributed by atoms with Gasteiger partial charge in [-0.25, -0.2) is 0 Å². The molecule has 106 valence electrons. The lowest BCUT2D eigenvalue weighted by atomic mass is 9.87. The number of hydrogen-bond donors (Lipinski definition) is 2. The van der Waals surface area contributed by atoms with Gasteiger partial charge < -0.3 is 15.2 Å². The highest BCUT2D eigenvalue weighted by atomic mass is 19.4. The van der Waals surface area contributed by atoms with E-state index in [0.29, 0.717) is 26.3 Å². The number of benzene rings is 1. The highest BCUT2D eigenvalue weighted by Crippen LogP contribution is 2.29. The van der Waals surface area contributed by atoms with Crippen molar-refractivity contribution in [3.8, 4) is 0 Å². The Balaban J connectivity index is 1.83. The fraction of sp³-hybridized carbons (Fsp3) is 0.538. The Labute approximate surface area is 109 Å². The molecule has 0 amide bonds. The zero-order valence-corrected chi connectivity index (χ0v) is 10.3. The molecule has 1 aromatic carbocycles. The van der Waals surface area contributed by atoms with Crippen LogP contribution in [0.5, 0.6) is 0 Å². The maximum atomic E-state index is 12.4. The molecule has 6 heteroatoms. The molecule has 0 saturated carbocycles. The number of nitrogens with one attached hydrogen (secondary N) is 1. The summed E-state index contributed by atoms with van der Waals surface area (Å²) < 4.78 is 42.2. The topological polar surface area (TPSA) is 41.5 Å². The first-order valence-electron chi connectivity index (χ1n) is 6.01. The summed E-state index contributed by atoms with van der Waals surface area (Å²) in [6.07, 6.45) is -4.30. The lowest BCUT2D eigenvalue weighted by molar-refractivity contribution is -0.137. The van der Waals surface area contributed by atoms with Crippen LogP contribution in [0.1, 0.15) is 11.1 Å². The Morgan fingerprint density at radius 3 is 2.26 bits per heavy atom. The largest absolute Gasteiger partial charge is 0.416 e. The van der Waals surface area contributed by atoms with Gasteiger partial charge in [0.25, 0.3) is 0 Å². The van der Waals surface area contributed by atoms with Crippen LogP contribution in [0.15, 0.2) is 24.3 Å². The number of rotatable bonds is 5. The van der Waals surface area contributed by atoms with E-state index in [2.05, 4.69) is 5.32 Å². The molecule has 0 unspecified atom stereocenters. The lowest BCUT2D eigenvalue weighted by Crippen LogP contribution is -2.52. The maximum Gasteiger partial charge on any atom is 0.416 e. The normalized spacial score (nSPS) is 18.1. The third kappa shape index (κ3) is 3.46. The predicted octanol–water partition coefficient (Wildman–Crippen LogP) is 1.80. The first kappa shape index (κ1) is 14.3. The molecule has 0 atom stereocenters. The number of alkyl halides is 3. The van der Waals surface area contributed by atoms with E-state index in [1.54, 1.807) is 0 Å². The summed E-state index contributed by atoms with van der Waals surface area (Å²) in [5.41, 5.74) is -0.0943. The van der Waals surface area contributed by atoms with Gasteiger partial charge in [-0.1, -0.05) is 12.1 Å². The fourth-order valence-corrected chi connectivity index (χ4v) is 1.92. The highest BCUT2D eigenvalue weighted by molar-refractivity contribution is 5.24. The monoisotopic (exact) mass is 275 g/mol. The first-order chi connectivity index (χ1) is 8.95. The molecular formula is C13H16F3NO2. The van der Waals surface area contributed by atoms with Gasteiger partial charge in [-0.05, 0) is 17.7 Å². The fourth-order valence-electron chi connectivity index (χ4n) is 1.92. The molecular weight excluding hydrogens is 259 g/mol. The van der Waals surface area contributed by atoms with Crippen molar-refractivity contribution in [1.29, 1.82) is 0 Å². The maximum absolute atomic E-state index is 12.4. The molecule has 2 N–H and O–H groups in total. The summed E-state index contributed by atoms with van der Waals surface area (Å²) in [5, 5.41) is 12.3. The summed E-state index contributed by atoms with van der Waals surface area (Å²) in [7, 11) is 0. The third-order valence-corrected chi connectivity index (χ3v) is 3.26. The van der Waals surface area contributed by atoms with Crippen molar-refractivity contribution in [3.05, 3.63) is 35.4 Å². The zero-order valence-electron chi connectivity index (χ0n) is 10.3. The second-order valence-corrected chi connectivity index (χ2v) is 4.95. The van der Waals surface area contributed by atoms with Crippen LogP contribution in [-0.4, -0.2) is 31.5 Å². The van der Waals surface area contributed by atoms with Crippen LogP contribution in [0.25, 0.3) is 0 Å². The second kappa shape index (κ2) is 5.48. The van der Waals surface area contributed by atoms with Crippen LogP contribution in [0.4, 0.5) is 13.2 Å². The molecule has 0 aromatic heterocycles. The molecule has 1 aliphatic rings. The van der Waals surface area contributed by atoms with Gasteiger partial charge in [-0.15, -0.1) is 0 Å². The molecule has 2 rings (SSSR count). The molecule has 1 heterocycles. The van der Waals surface area contributed by atoms with E-state index in [1.165, 1.54) is 12.1 Å². The van der Waals surface area contributed by atoms with Crippen molar-refractivity contribution >= 4 is 0 Å². The van der Waals surface area contributed by atoms with Crippen LogP contribution >= 0.6 is 0 Å². The number of aliphatic hydroxyl groups is 1. The molecule has 0 radical (unpaired) electrons. The molecule has 0 bridgehead atoms. The quantitative estimate of drug-likeness (QED) is 0.861. The Kier molecular flexibility index (Phi) is 4.13. The minimum absolute atomic E-state index is 0.0486. The smallest absolute Gasteiger partial charge is 0.396 e. The van der Waals surface area contributed by atoms with Gasteiger partial charge in [0.05, 0.1) is 30.8 Å². The lowest BCUT2D eigenvalue weighted by Gasteiger charge is -2.40. The SMILES string of the molecule is OCC1(CNCc2ccc(C(F)(F)F)cc2)COC1. The summed E-state index contributed by atoms with van der Waals surface area (Å²) in [4.78, 5) is 0. The summed E-state index contributed by atoms with van der Waals surface area (Å²) in [6.45, 7) is 2.14. The molecule has 1 saturated heterocycles. The first-order valence-corrected chi connectivity index (χ1v) is 6.01. The summed E-state index contributed by atoms with van der Waals surface area (Å²) >= 11 is 0. The van der Waals surface area contributed by atoms with E-state index in [9.17, 15) is 18.3 Å². The molecule has 3 nitrogen and oxygen atoms in total. The van der Waals surface area contributed by atoms with Crippen molar-refractivity contribution in [2.24, 2.45) is 5.41 Å². The van der Waals surface area contributed by atoms with Crippen molar-refractivity contribution in [3.63, 3.8) is 0 Å². The minimum Gasteiger partial charge on any atom is -0.396 e. The van der Waals surface area contributed by atoms with Crippen molar-refractivity contribution in [2.45, 2.75) is 12.7 Å². The molecule has 19 heavy (non-hydrogen) atoms. The predicted molar refractivity (Wildman–Crippen MR) is 63.5 cm³/mol. The van der Waals surface area contributed by atoms with Crippen LogP contribution in [0.3, 0.4) is 0 Å². The van der Waals surface area contributed by atoms with Crippen LogP contribution < -0.4 is 5.32 Å². The van der Waals surface area contributed by atoms with E-state index >= 15 is 0 Å². The van der Waals surface area contributed by atoms with Crippen molar-refractivity contribution in [1.82, 2.24) is 5.32 Å². The van der Waals surface area contributed by atoms with E-state index < -0.39 is 11.7 Å². The average Bonchev–Trinajstić information content (AvgIpc) is 2.32. The van der Waals surface area contributed by atoms with Crippen molar-refractivity contribution < 1.29 is 23.0 Å². The number of halogens is 3. The van der Waals surface area contributed by atoms with Crippen molar-refractivity contribution in [2.75, 3.05) is 26.4 Å². The minimum atomic E-state index is -4.30. The Bertz CT molecular complexity index is 407. The molecule has 1 fully saturated rings. The van der Waals surface area contributed by atoms with Gasteiger partial charge in [0, 0.05) is 13.1 Å². The standard InChI is InChI=1S/C13H16F3NO2/c14-13(15,16)11-3-1-10(2-4-11)5-17-6-12(7-18)8-19-9-12/h1-4,17-18H,5-9H2. The van der Waals surface area contributed by atoms with Gasteiger partial charge in [0.15, 0.2) is 0 Å². The molecule has 0 aliphatic carbocycles. The number of ether oxygens (including phenoxy) is 1. The molecule has 1 aromatic rings. The van der Waals surface area contributed by atoms with Gasteiger partial charge in [-0.3, -0.25) is 0 Å². The van der Waals surface area contributed by atoms with Crippen LogP contribution in [-0.2, 0) is 17.5 Å². The summed E-state index contributed by atoms with van der Waals surface area (Å²) in [6, 6.07) is 5.06. The van der Waals surface area contributed by atoms with Gasteiger partial charge in [0.2, 0.25) is 0 Å². The molecule has 1 aliphatic heterocycles. The Morgan fingerprint density at radius 2 is 1.84 bits per heavy atom. The van der Waals surface area contributed by atoms with Gasteiger partial charge >= 0.3 is 6.18 Å². The van der Waals surface area contributed by atoms with Crippen LogP contribution in [0.2, 0.25) is 0 Å². The third-order valence-electron chi connectivity index (χ3n) is 3.26. The van der Waals surface area contributed by atoms with E-state index in [1.807, 2.05) is 0 Å². The average molecular weight is 275 g/mol. The van der Waals surface area contributed by atoms with E-state index in [0.717, 1.165) is 17.7 Å². The number of aliphatic hydroxyl groups excluding tert-OH is 1. The van der Waals surface area contributed by atoms with Gasteiger partial charge in [-0.2, -0.15) is 13.2 Å². The highest BCUT2D eigenvalue weighted by Gasteiger charge is 2.37. The summed E-state index contributed by atoms with van der Waals surface area (Å²) in [5.74, 6) is 0. The molecule has 0 spiro atoms.